The zero-order valence-corrected chi connectivity index (χ0v) is 10.9. The lowest BCUT2D eigenvalue weighted by atomic mass is 10.0. The van der Waals surface area contributed by atoms with Gasteiger partial charge in [0.1, 0.15) is 0 Å². The summed E-state index contributed by atoms with van der Waals surface area (Å²) in [6.45, 7) is 2.78. The molecular formula is C15H19NO2. The highest BCUT2D eigenvalue weighted by molar-refractivity contribution is 6.04. The smallest absolute Gasteiger partial charge is 0.314 e. The van der Waals surface area contributed by atoms with E-state index in [2.05, 4.69) is 24.0 Å². The van der Waals surface area contributed by atoms with Crippen LogP contribution < -0.4 is 0 Å². The van der Waals surface area contributed by atoms with E-state index in [1.807, 2.05) is 18.2 Å². The summed E-state index contributed by atoms with van der Waals surface area (Å²) in [6, 6.07) is 10.1. The molecule has 1 aliphatic rings. The molecule has 1 saturated carbocycles. The molecule has 1 aliphatic carbocycles. The number of hydrogen-bond donors (Lipinski definition) is 0. The highest BCUT2D eigenvalue weighted by Gasteiger charge is 2.34. The molecular weight excluding hydrogens is 226 g/mol. The van der Waals surface area contributed by atoms with Crippen LogP contribution in [0, 0.1) is 11.8 Å². The number of hydrogen-bond acceptors (Lipinski definition) is 3. The van der Waals surface area contributed by atoms with Gasteiger partial charge >= 0.3 is 5.97 Å². The van der Waals surface area contributed by atoms with Crippen LogP contribution in [0.1, 0.15) is 25.3 Å². The molecule has 0 amide bonds. The quantitative estimate of drug-likeness (QED) is 0.768. The zero-order chi connectivity index (χ0) is 13.0. The summed E-state index contributed by atoms with van der Waals surface area (Å²) in [6.07, 6.45) is 1.88. The SMILES string of the molecule is COC(=O)C1CCC(C)C1=NCc1ccccc1. The van der Waals surface area contributed by atoms with E-state index >= 15 is 0 Å². The minimum absolute atomic E-state index is 0.131. The fourth-order valence-electron chi connectivity index (χ4n) is 2.47. The Morgan fingerprint density at radius 3 is 2.72 bits per heavy atom. The highest BCUT2D eigenvalue weighted by atomic mass is 16.5. The van der Waals surface area contributed by atoms with Crippen molar-refractivity contribution < 1.29 is 9.53 Å². The first-order chi connectivity index (χ1) is 8.72. The molecule has 2 atom stereocenters. The number of nitrogens with zero attached hydrogens (tertiary/aromatic N) is 1. The van der Waals surface area contributed by atoms with Crippen molar-refractivity contribution in [1.29, 1.82) is 0 Å². The molecule has 3 nitrogen and oxygen atoms in total. The number of methoxy groups -OCH3 is 1. The molecule has 0 aliphatic heterocycles. The lowest BCUT2D eigenvalue weighted by Crippen LogP contribution is -2.23. The zero-order valence-electron chi connectivity index (χ0n) is 10.9. The Balaban J connectivity index is 2.11. The maximum atomic E-state index is 11.7. The largest absolute Gasteiger partial charge is 0.469 e. The normalized spacial score (nSPS) is 25.3. The van der Waals surface area contributed by atoms with Gasteiger partial charge in [-0.15, -0.1) is 0 Å². The number of esters is 1. The van der Waals surface area contributed by atoms with Crippen molar-refractivity contribution in [2.45, 2.75) is 26.3 Å². The van der Waals surface area contributed by atoms with Crippen LogP contribution in [0.5, 0.6) is 0 Å². The average molecular weight is 245 g/mol. The average Bonchev–Trinajstić information content (AvgIpc) is 2.78. The molecule has 1 fully saturated rings. The van der Waals surface area contributed by atoms with Gasteiger partial charge in [-0.25, -0.2) is 0 Å². The van der Waals surface area contributed by atoms with Crippen molar-refractivity contribution in [2.75, 3.05) is 7.11 Å². The van der Waals surface area contributed by atoms with E-state index in [1.165, 1.54) is 12.7 Å². The molecule has 0 bridgehead atoms. The predicted octanol–water partition coefficient (Wildman–Crippen LogP) is 2.85. The summed E-state index contributed by atoms with van der Waals surface area (Å²) in [5.41, 5.74) is 2.18. The maximum Gasteiger partial charge on any atom is 0.314 e. The summed E-state index contributed by atoms with van der Waals surface area (Å²) in [7, 11) is 1.44. The van der Waals surface area contributed by atoms with E-state index in [1.54, 1.807) is 0 Å². The second kappa shape index (κ2) is 5.80. The Labute approximate surface area is 108 Å². The number of carbonyl (C=O) groups excluding carboxylic acids is 1. The summed E-state index contributed by atoms with van der Waals surface area (Å²) < 4.78 is 4.84. The lowest BCUT2D eigenvalue weighted by molar-refractivity contribution is -0.142. The third-order valence-corrected chi connectivity index (χ3v) is 3.52. The molecule has 0 radical (unpaired) electrons. The number of rotatable bonds is 3. The summed E-state index contributed by atoms with van der Waals surface area (Å²) >= 11 is 0. The van der Waals surface area contributed by atoms with Crippen LogP contribution in [0.15, 0.2) is 35.3 Å². The Morgan fingerprint density at radius 2 is 2.06 bits per heavy atom. The maximum absolute atomic E-state index is 11.7. The third kappa shape index (κ3) is 2.78. The Morgan fingerprint density at radius 1 is 1.33 bits per heavy atom. The first-order valence-corrected chi connectivity index (χ1v) is 6.38. The van der Waals surface area contributed by atoms with Crippen molar-refractivity contribution in [2.24, 2.45) is 16.8 Å². The van der Waals surface area contributed by atoms with Gasteiger partial charge in [0.05, 0.1) is 19.6 Å². The van der Waals surface area contributed by atoms with E-state index in [4.69, 9.17) is 4.74 Å². The summed E-state index contributed by atoms with van der Waals surface area (Å²) in [5, 5.41) is 0. The van der Waals surface area contributed by atoms with Gasteiger partial charge in [-0.2, -0.15) is 0 Å². The van der Waals surface area contributed by atoms with Gasteiger partial charge in [0, 0.05) is 5.71 Å². The Kier molecular flexibility index (Phi) is 4.13. The van der Waals surface area contributed by atoms with Crippen LogP contribution in [0.4, 0.5) is 0 Å². The highest BCUT2D eigenvalue weighted by Crippen LogP contribution is 2.29. The molecule has 18 heavy (non-hydrogen) atoms. The first-order valence-electron chi connectivity index (χ1n) is 6.38. The fourth-order valence-corrected chi connectivity index (χ4v) is 2.47. The second-order valence-corrected chi connectivity index (χ2v) is 4.78. The molecule has 1 aromatic carbocycles. The molecule has 2 unspecified atom stereocenters. The standard InChI is InChI=1S/C15H19NO2/c1-11-8-9-13(15(17)18-2)14(11)16-10-12-6-4-3-5-7-12/h3-7,11,13H,8-10H2,1-2H3. The van der Waals surface area contributed by atoms with Crippen LogP contribution in [0.2, 0.25) is 0 Å². The van der Waals surface area contributed by atoms with Gasteiger partial charge in [-0.05, 0) is 24.3 Å². The molecule has 96 valence electrons. The van der Waals surface area contributed by atoms with Crippen molar-refractivity contribution in [3.8, 4) is 0 Å². The molecule has 0 spiro atoms. The number of carbonyl (C=O) groups is 1. The van der Waals surface area contributed by atoms with Crippen LogP contribution >= 0.6 is 0 Å². The van der Waals surface area contributed by atoms with Gasteiger partial charge < -0.3 is 4.74 Å². The molecule has 0 aromatic heterocycles. The Bertz CT molecular complexity index is 439. The Hall–Kier alpha value is -1.64. The molecule has 2 rings (SSSR count). The van der Waals surface area contributed by atoms with Gasteiger partial charge in [0.15, 0.2) is 0 Å². The number of benzene rings is 1. The predicted molar refractivity (Wildman–Crippen MR) is 71.5 cm³/mol. The van der Waals surface area contributed by atoms with E-state index in [0.717, 1.165) is 18.6 Å². The van der Waals surface area contributed by atoms with Gasteiger partial charge in [0.25, 0.3) is 0 Å². The van der Waals surface area contributed by atoms with E-state index < -0.39 is 0 Å². The third-order valence-electron chi connectivity index (χ3n) is 3.52. The van der Waals surface area contributed by atoms with E-state index in [-0.39, 0.29) is 11.9 Å². The number of ether oxygens (including phenoxy) is 1. The molecule has 0 saturated heterocycles. The molecule has 1 aromatic rings. The van der Waals surface area contributed by atoms with Crippen molar-refractivity contribution in [3.05, 3.63) is 35.9 Å². The van der Waals surface area contributed by atoms with Crippen molar-refractivity contribution in [3.63, 3.8) is 0 Å². The van der Waals surface area contributed by atoms with Gasteiger partial charge in [-0.1, -0.05) is 37.3 Å². The summed E-state index contributed by atoms with van der Waals surface area (Å²) in [4.78, 5) is 16.3. The monoisotopic (exact) mass is 245 g/mol. The number of aliphatic imine (C=N–C) groups is 1. The van der Waals surface area contributed by atoms with Crippen LogP contribution in [0.25, 0.3) is 0 Å². The minimum atomic E-state index is -0.147. The van der Waals surface area contributed by atoms with Crippen LogP contribution in [0.3, 0.4) is 0 Å². The fraction of sp³-hybridized carbons (Fsp3) is 0.467. The second-order valence-electron chi connectivity index (χ2n) is 4.78. The van der Waals surface area contributed by atoms with Gasteiger partial charge in [0.2, 0.25) is 0 Å². The minimum Gasteiger partial charge on any atom is -0.469 e. The van der Waals surface area contributed by atoms with Gasteiger partial charge in [-0.3, -0.25) is 9.79 Å². The van der Waals surface area contributed by atoms with Crippen molar-refractivity contribution >= 4 is 11.7 Å². The topological polar surface area (TPSA) is 38.7 Å². The molecule has 0 heterocycles. The lowest BCUT2D eigenvalue weighted by Gasteiger charge is -2.11. The van der Waals surface area contributed by atoms with E-state index in [0.29, 0.717) is 12.5 Å². The van der Waals surface area contributed by atoms with Crippen LogP contribution in [-0.4, -0.2) is 18.8 Å². The van der Waals surface area contributed by atoms with Crippen LogP contribution in [-0.2, 0) is 16.1 Å². The van der Waals surface area contributed by atoms with E-state index in [9.17, 15) is 4.79 Å². The van der Waals surface area contributed by atoms with Crippen molar-refractivity contribution in [1.82, 2.24) is 0 Å². The first kappa shape index (κ1) is 12.8. The molecule has 3 heteroatoms. The summed E-state index contributed by atoms with van der Waals surface area (Å²) in [5.74, 6) is 0.109. The molecule has 0 N–H and O–H groups in total.